The quantitative estimate of drug-likeness (QED) is 0.785. The molecular formula is C13H22N4O4. The second-order valence-corrected chi connectivity index (χ2v) is 5.65. The zero-order valence-corrected chi connectivity index (χ0v) is 13.2. The molecule has 1 amide bonds. The minimum Gasteiger partial charge on any atom is -0.467 e. The standard InChI is InChI=1S/C13H22N4O4/c1-8(21-13(2,3)4)9(12(19)20-6)15-11(18)10-14-7-17(5)16-10/h7-9H,1-6H3,(H,15,18)/t8-,9+/m0/s1. The third kappa shape index (κ3) is 5.14. The molecule has 1 heterocycles. The maximum absolute atomic E-state index is 12.0. The van der Waals surface area contributed by atoms with Crippen molar-refractivity contribution in [3.63, 3.8) is 0 Å². The molecule has 0 unspecified atom stereocenters. The van der Waals surface area contributed by atoms with E-state index in [0.717, 1.165) is 0 Å². The van der Waals surface area contributed by atoms with Crippen molar-refractivity contribution in [1.82, 2.24) is 20.1 Å². The molecule has 0 bridgehead atoms. The van der Waals surface area contributed by atoms with Crippen LogP contribution in [0.1, 0.15) is 38.3 Å². The van der Waals surface area contributed by atoms with E-state index in [-0.39, 0.29) is 5.82 Å². The number of carbonyl (C=O) groups is 2. The molecule has 0 saturated heterocycles. The Labute approximate surface area is 123 Å². The first-order valence-corrected chi connectivity index (χ1v) is 6.56. The topological polar surface area (TPSA) is 95.3 Å². The van der Waals surface area contributed by atoms with E-state index in [4.69, 9.17) is 9.47 Å². The highest BCUT2D eigenvalue weighted by molar-refractivity contribution is 5.93. The Morgan fingerprint density at radius 2 is 2.00 bits per heavy atom. The fraction of sp³-hybridized carbons (Fsp3) is 0.692. The van der Waals surface area contributed by atoms with Crippen molar-refractivity contribution in [1.29, 1.82) is 0 Å². The van der Waals surface area contributed by atoms with Crippen molar-refractivity contribution < 1.29 is 19.1 Å². The molecular weight excluding hydrogens is 276 g/mol. The summed E-state index contributed by atoms with van der Waals surface area (Å²) < 4.78 is 11.8. The highest BCUT2D eigenvalue weighted by Gasteiger charge is 2.32. The molecule has 0 aliphatic rings. The van der Waals surface area contributed by atoms with Gasteiger partial charge < -0.3 is 14.8 Å². The third-order valence-electron chi connectivity index (χ3n) is 2.55. The number of esters is 1. The summed E-state index contributed by atoms with van der Waals surface area (Å²) in [5.74, 6) is -1.17. The number of nitrogens with zero attached hydrogens (tertiary/aromatic N) is 3. The molecule has 1 rings (SSSR count). The van der Waals surface area contributed by atoms with E-state index in [0.29, 0.717) is 0 Å². The molecule has 1 aromatic rings. The van der Waals surface area contributed by atoms with Gasteiger partial charge in [0.25, 0.3) is 5.91 Å². The molecule has 2 atom stereocenters. The van der Waals surface area contributed by atoms with Gasteiger partial charge in [-0.3, -0.25) is 9.48 Å². The third-order valence-corrected chi connectivity index (χ3v) is 2.55. The summed E-state index contributed by atoms with van der Waals surface area (Å²) in [5, 5.41) is 6.43. The second-order valence-electron chi connectivity index (χ2n) is 5.65. The van der Waals surface area contributed by atoms with E-state index >= 15 is 0 Å². The number of carbonyl (C=O) groups excluding carboxylic acids is 2. The smallest absolute Gasteiger partial charge is 0.331 e. The van der Waals surface area contributed by atoms with Crippen LogP contribution < -0.4 is 5.32 Å². The van der Waals surface area contributed by atoms with Gasteiger partial charge in [-0.05, 0) is 27.7 Å². The molecule has 118 valence electrons. The minimum atomic E-state index is -0.939. The van der Waals surface area contributed by atoms with Crippen LogP contribution in [0.25, 0.3) is 0 Å². The summed E-state index contributed by atoms with van der Waals surface area (Å²) in [7, 11) is 2.90. The molecule has 0 aliphatic carbocycles. The monoisotopic (exact) mass is 298 g/mol. The van der Waals surface area contributed by atoms with Crippen molar-refractivity contribution in [3.05, 3.63) is 12.2 Å². The molecule has 0 aromatic carbocycles. The van der Waals surface area contributed by atoms with Crippen molar-refractivity contribution in [3.8, 4) is 0 Å². The summed E-state index contributed by atoms with van der Waals surface area (Å²) in [6, 6.07) is -0.939. The van der Waals surface area contributed by atoms with Gasteiger partial charge in [0.1, 0.15) is 6.33 Å². The summed E-state index contributed by atoms with van der Waals surface area (Å²) in [6.45, 7) is 7.28. The number of hydrogen-bond acceptors (Lipinski definition) is 6. The molecule has 1 aromatic heterocycles. The fourth-order valence-electron chi connectivity index (χ4n) is 1.77. The molecule has 0 radical (unpaired) electrons. The van der Waals surface area contributed by atoms with Crippen LogP contribution >= 0.6 is 0 Å². The lowest BCUT2D eigenvalue weighted by Gasteiger charge is -2.29. The van der Waals surface area contributed by atoms with E-state index in [2.05, 4.69) is 15.4 Å². The molecule has 21 heavy (non-hydrogen) atoms. The van der Waals surface area contributed by atoms with Crippen LogP contribution in [0.4, 0.5) is 0 Å². The highest BCUT2D eigenvalue weighted by atomic mass is 16.5. The SMILES string of the molecule is COC(=O)[C@H](NC(=O)c1ncn(C)n1)[C@H](C)OC(C)(C)C. The number of aromatic nitrogens is 3. The van der Waals surface area contributed by atoms with E-state index < -0.39 is 29.6 Å². The average Bonchev–Trinajstić information content (AvgIpc) is 2.79. The molecule has 0 spiro atoms. The molecule has 0 saturated carbocycles. The van der Waals surface area contributed by atoms with E-state index in [1.165, 1.54) is 18.1 Å². The number of amides is 1. The Morgan fingerprint density at radius 3 is 2.43 bits per heavy atom. The van der Waals surface area contributed by atoms with E-state index in [1.54, 1.807) is 14.0 Å². The molecule has 8 heteroatoms. The Kier molecular flexibility index (Phi) is 5.42. The molecule has 1 N–H and O–H groups in total. The van der Waals surface area contributed by atoms with Crippen LogP contribution in [0.5, 0.6) is 0 Å². The van der Waals surface area contributed by atoms with Gasteiger partial charge in [-0.15, -0.1) is 5.10 Å². The number of hydrogen-bond donors (Lipinski definition) is 1. The lowest BCUT2D eigenvalue weighted by Crippen LogP contribution is -2.51. The first-order chi connectivity index (χ1) is 9.64. The normalized spacial score (nSPS) is 14.4. The van der Waals surface area contributed by atoms with Gasteiger partial charge in [0.2, 0.25) is 5.82 Å². The lowest BCUT2D eigenvalue weighted by molar-refractivity contribution is -0.150. The summed E-state index contributed by atoms with van der Waals surface area (Å²) in [4.78, 5) is 27.7. The lowest BCUT2D eigenvalue weighted by atomic mass is 10.1. The predicted octanol–water partition coefficient (Wildman–Crippen LogP) is 0.290. The van der Waals surface area contributed by atoms with Crippen LogP contribution in [-0.4, -0.2) is 51.5 Å². The van der Waals surface area contributed by atoms with Crippen LogP contribution in [0.15, 0.2) is 6.33 Å². The van der Waals surface area contributed by atoms with E-state index in [1.807, 2.05) is 20.8 Å². The molecule has 0 aliphatic heterocycles. The molecule has 8 nitrogen and oxygen atoms in total. The second kappa shape index (κ2) is 6.66. The summed E-state index contributed by atoms with van der Waals surface area (Å²) >= 11 is 0. The zero-order chi connectivity index (χ0) is 16.2. The van der Waals surface area contributed by atoms with Gasteiger partial charge in [0, 0.05) is 7.05 Å². The van der Waals surface area contributed by atoms with Gasteiger partial charge in [0.05, 0.1) is 18.8 Å². The Morgan fingerprint density at radius 1 is 1.38 bits per heavy atom. The van der Waals surface area contributed by atoms with Gasteiger partial charge in [-0.2, -0.15) is 0 Å². The number of nitrogens with one attached hydrogen (secondary N) is 1. The van der Waals surface area contributed by atoms with Crippen molar-refractivity contribution >= 4 is 11.9 Å². The molecule has 0 fully saturated rings. The van der Waals surface area contributed by atoms with Crippen LogP contribution in [0.3, 0.4) is 0 Å². The Hall–Kier alpha value is -1.96. The predicted molar refractivity (Wildman–Crippen MR) is 74.6 cm³/mol. The van der Waals surface area contributed by atoms with Gasteiger partial charge in [-0.25, -0.2) is 9.78 Å². The number of methoxy groups -OCH3 is 1. The number of ether oxygens (including phenoxy) is 2. The number of rotatable bonds is 5. The van der Waals surface area contributed by atoms with Crippen LogP contribution in [0, 0.1) is 0 Å². The van der Waals surface area contributed by atoms with Gasteiger partial charge >= 0.3 is 5.97 Å². The maximum Gasteiger partial charge on any atom is 0.331 e. The first-order valence-electron chi connectivity index (χ1n) is 6.56. The Bertz CT molecular complexity index is 507. The first kappa shape index (κ1) is 17.1. The minimum absolute atomic E-state index is 0.0191. The van der Waals surface area contributed by atoms with Gasteiger partial charge in [0.15, 0.2) is 6.04 Å². The van der Waals surface area contributed by atoms with Gasteiger partial charge in [-0.1, -0.05) is 0 Å². The fourth-order valence-corrected chi connectivity index (χ4v) is 1.77. The van der Waals surface area contributed by atoms with Crippen molar-refractivity contribution in [2.75, 3.05) is 7.11 Å². The zero-order valence-electron chi connectivity index (χ0n) is 13.2. The highest BCUT2D eigenvalue weighted by Crippen LogP contribution is 2.14. The van der Waals surface area contributed by atoms with Crippen molar-refractivity contribution in [2.24, 2.45) is 7.05 Å². The van der Waals surface area contributed by atoms with Crippen LogP contribution in [-0.2, 0) is 21.3 Å². The largest absolute Gasteiger partial charge is 0.467 e. The maximum atomic E-state index is 12.0. The van der Waals surface area contributed by atoms with E-state index in [9.17, 15) is 9.59 Å². The summed E-state index contributed by atoms with van der Waals surface area (Å²) in [5.41, 5.74) is -0.459. The van der Waals surface area contributed by atoms with Crippen LogP contribution in [0.2, 0.25) is 0 Å². The Balaban J connectivity index is 2.83. The van der Waals surface area contributed by atoms with Crippen molar-refractivity contribution in [2.45, 2.75) is 45.4 Å². The average molecular weight is 298 g/mol. The number of aryl methyl sites for hydroxylation is 1. The summed E-state index contributed by atoms with van der Waals surface area (Å²) in [6.07, 6.45) is 0.835.